The van der Waals surface area contributed by atoms with Crippen LogP contribution in [0.15, 0.2) is 48.5 Å². The Labute approximate surface area is 120 Å². The molecule has 0 spiro atoms. The first-order valence-electron chi connectivity index (χ1n) is 6.44. The quantitative estimate of drug-likeness (QED) is 0.750. The molecule has 1 aromatic heterocycles. The third-order valence-corrected chi connectivity index (χ3v) is 3.14. The lowest BCUT2D eigenvalue weighted by Crippen LogP contribution is -2.11. The van der Waals surface area contributed by atoms with Crippen molar-refractivity contribution in [2.75, 3.05) is 12.4 Å². The Morgan fingerprint density at radius 2 is 1.62 bits per heavy atom. The highest BCUT2D eigenvalue weighted by Gasteiger charge is 2.20. The highest BCUT2D eigenvalue weighted by Crippen LogP contribution is 2.20. The number of benzene rings is 2. The van der Waals surface area contributed by atoms with Gasteiger partial charge in [0.2, 0.25) is 5.78 Å². The first-order valence-corrected chi connectivity index (χ1v) is 6.44. The standard InChI is InChI=1S/C16H12FN3O/c1-18-16-14(15(21)10-6-2-3-7-11(10)17)19-12-8-4-5-9-13(12)20-16/h2-9H,1H3,(H,18,20). The molecule has 21 heavy (non-hydrogen) atoms. The fourth-order valence-corrected chi connectivity index (χ4v) is 2.11. The van der Waals surface area contributed by atoms with Gasteiger partial charge in [-0.05, 0) is 24.3 Å². The molecule has 0 amide bonds. The molecule has 0 saturated heterocycles. The molecule has 0 aliphatic rings. The molecule has 0 radical (unpaired) electrons. The summed E-state index contributed by atoms with van der Waals surface area (Å²) in [4.78, 5) is 21.2. The average molecular weight is 281 g/mol. The van der Waals surface area contributed by atoms with Gasteiger partial charge in [0.05, 0.1) is 16.6 Å². The van der Waals surface area contributed by atoms with Gasteiger partial charge in [0, 0.05) is 7.05 Å². The summed E-state index contributed by atoms with van der Waals surface area (Å²) >= 11 is 0. The first kappa shape index (κ1) is 13.2. The largest absolute Gasteiger partial charge is 0.371 e. The fourth-order valence-electron chi connectivity index (χ4n) is 2.11. The number of hydrogen-bond acceptors (Lipinski definition) is 4. The Morgan fingerprint density at radius 1 is 1.00 bits per heavy atom. The van der Waals surface area contributed by atoms with Gasteiger partial charge in [-0.2, -0.15) is 0 Å². The van der Waals surface area contributed by atoms with E-state index >= 15 is 0 Å². The second-order valence-corrected chi connectivity index (χ2v) is 4.47. The third-order valence-electron chi connectivity index (χ3n) is 3.14. The summed E-state index contributed by atoms with van der Waals surface area (Å²) in [6, 6.07) is 13.1. The van der Waals surface area contributed by atoms with Gasteiger partial charge in [0.15, 0.2) is 11.5 Å². The van der Waals surface area contributed by atoms with Crippen LogP contribution in [0, 0.1) is 5.82 Å². The molecule has 1 N–H and O–H groups in total. The molecule has 104 valence electrons. The van der Waals surface area contributed by atoms with E-state index in [-0.39, 0.29) is 11.3 Å². The van der Waals surface area contributed by atoms with E-state index in [0.29, 0.717) is 16.9 Å². The van der Waals surface area contributed by atoms with Gasteiger partial charge in [-0.3, -0.25) is 4.79 Å². The molecular formula is C16H12FN3O. The predicted molar refractivity (Wildman–Crippen MR) is 78.9 cm³/mol. The molecule has 0 aliphatic carbocycles. The molecular weight excluding hydrogens is 269 g/mol. The number of anilines is 1. The molecule has 0 fully saturated rings. The molecule has 0 saturated carbocycles. The van der Waals surface area contributed by atoms with Gasteiger partial charge >= 0.3 is 0 Å². The maximum Gasteiger partial charge on any atom is 0.218 e. The zero-order valence-electron chi connectivity index (χ0n) is 11.3. The van der Waals surface area contributed by atoms with E-state index in [2.05, 4.69) is 15.3 Å². The Kier molecular flexibility index (Phi) is 3.31. The van der Waals surface area contributed by atoms with Crippen molar-refractivity contribution in [1.82, 2.24) is 9.97 Å². The van der Waals surface area contributed by atoms with Crippen LogP contribution in [-0.4, -0.2) is 22.8 Å². The van der Waals surface area contributed by atoms with Crippen molar-refractivity contribution in [3.05, 3.63) is 65.6 Å². The average Bonchev–Trinajstić information content (AvgIpc) is 2.53. The molecule has 0 aliphatic heterocycles. The second kappa shape index (κ2) is 5.28. The number of nitrogens with zero attached hydrogens (tertiary/aromatic N) is 2. The Bertz CT molecular complexity index is 833. The third kappa shape index (κ3) is 2.33. The van der Waals surface area contributed by atoms with E-state index in [4.69, 9.17) is 0 Å². The van der Waals surface area contributed by atoms with E-state index < -0.39 is 11.6 Å². The van der Waals surface area contributed by atoms with Gasteiger partial charge in [0.1, 0.15) is 5.82 Å². The number of hydrogen-bond donors (Lipinski definition) is 1. The van der Waals surface area contributed by atoms with Crippen molar-refractivity contribution in [2.45, 2.75) is 0 Å². The zero-order valence-corrected chi connectivity index (χ0v) is 11.3. The maximum atomic E-state index is 13.8. The SMILES string of the molecule is CNc1nc2ccccc2nc1C(=O)c1ccccc1F. The van der Waals surface area contributed by atoms with Crippen molar-refractivity contribution in [2.24, 2.45) is 0 Å². The lowest BCUT2D eigenvalue weighted by molar-refractivity contribution is 0.103. The van der Waals surface area contributed by atoms with E-state index in [0.717, 1.165) is 0 Å². The van der Waals surface area contributed by atoms with Crippen LogP contribution < -0.4 is 5.32 Å². The number of aromatic nitrogens is 2. The number of fused-ring (bicyclic) bond motifs is 1. The van der Waals surface area contributed by atoms with E-state index in [1.807, 2.05) is 12.1 Å². The monoisotopic (exact) mass is 281 g/mol. The van der Waals surface area contributed by atoms with Gasteiger partial charge in [-0.25, -0.2) is 14.4 Å². The van der Waals surface area contributed by atoms with Crippen molar-refractivity contribution >= 4 is 22.6 Å². The number of carbonyl (C=O) groups excluding carboxylic acids is 1. The molecule has 3 aromatic rings. The summed E-state index contributed by atoms with van der Waals surface area (Å²) in [5.41, 5.74) is 1.36. The van der Waals surface area contributed by atoms with Crippen LogP contribution in [0.1, 0.15) is 16.1 Å². The summed E-state index contributed by atoms with van der Waals surface area (Å²) in [6.07, 6.45) is 0. The Balaban J connectivity index is 2.19. The highest BCUT2D eigenvalue weighted by atomic mass is 19.1. The zero-order chi connectivity index (χ0) is 14.8. The molecule has 0 bridgehead atoms. The number of nitrogens with one attached hydrogen (secondary N) is 1. The van der Waals surface area contributed by atoms with Gasteiger partial charge < -0.3 is 5.32 Å². The molecule has 1 heterocycles. The number of rotatable bonds is 3. The fraction of sp³-hybridized carbons (Fsp3) is 0.0625. The van der Waals surface area contributed by atoms with Crippen molar-refractivity contribution in [3.8, 4) is 0 Å². The Hall–Kier alpha value is -2.82. The first-order chi connectivity index (χ1) is 10.2. The molecule has 5 heteroatoms. The summed E-state index contributed by atoms with van der Waals surface area (Å²) in [5, 5.41) is 2.84. The van der Waals surface area contributed by atoms with Crippen LogP contribution in [0.2, 0.25) is 0 Å². The smallest absolute Gasteiger partial charge is 0.218 e. The van der Waals surface area contributed by atoms with Gasteiger partial charge in [0.25, 0.3) is 0 Å². The van der Waals surface area contributed by atoms with E-state index in [1.54, 1.807) is 25.2 Å². The summed E-state index contributed by atoms with van der Waals surface area (Å²) in [5.74, 6) is -0.725. The predicted octanol–water partition coefficient (Wildman–Crippen LogP) is 3.04. The topological polar surface area (TPSA) is 54.9 Å². The molecule has 0 unspecified atom stereocenters. The van der Waals surface area contributed by atoms with Crippen LogP contribution >= 0.6 is 0 Å². The van der Waals surface area contributed by atoms with Gasteiger partial charge in [-0.1, -0.05) is 24.3 Å². The highest BCUT2D eigenvalue weighted by molar-refractivity contribution is 6.11. The number of para-hydroxylation sites is 2. The minimum atomic E-state index is -0.570. The number of carbonyl (C=O) groups is 1. The summed E-state index contributed by atoms with van der Waals surface area (Å²) < 4.78 is 13.8. The van der Waals surface area contributed by atoms with E-state index in [9.17, 15) is 9.18 Å². The lowest BCUT2D eigenvalue weighted by atomic mass is 10.1. The van der Waals surface area contributed by atoms with Crippen LogP contribution in [0.5, 0.6) is 0 Å². The second-order valence-electron chi connectivity index (χ2n) is 4.47. The van der Waals surface area contributed by atoms with Crippen molar-refractivity contribution in [3.63, 3.8) is 0 Å². The molecule has 3 rings (SSSR count). The number of ketones is 1. The van der Waals surface area contributed by atoms with E-state index in [1.165, 1.54) is 18.2 Å². The van der Waals surface area contributed by atoms with Crippen LogP contribution in [0.4, 0.5) is 10.2 Å². The minimum Gasteiger partial charge on any atom is -0.371 e. The number of halogens is 1. The minimum absolute atomic E-state index is 0.0152. The van der Waals surface area contributed by atoms with Crippen molar-refractivity contribution in [1.29, 1.82) is 0 Å². The maximum absolute atomic E-state index is 13.8. The van der Waals surface area contributed by atoms with Gasteiger partial charge in [-0.15, -0.1) is 0 Å². The molecule has 2 aromatic carbocycles. The van der Waals surface area contributed by atoms with Crippen LogP contribution in [0.3, 0.4) is 0 Å². The van der Waals surface area contributed by atoms with Crippen LogP contribution in [0.25, 0.3) is 11.0 Å². The van der Waals surface area contributed by atoms with Crippen LogP contribution in [-0.2, 0) is 0 Å². The molecule has 0 atom stereocenters. The van der Waals surface area contributed by atoms with Crippen molar-refractivity contribution < 1.29 is 9.18 Å². The summed E-state index contributed by atoms with van der Waals surface area (Å²) in [6.45, 7) is 0. The lowest BCUT2D eigenvalue weighted by Gasteiger charge is -2.08. The molecule has 4 nitrogen and oxygen atoms in total. The normalized spacial score (nSPS) is 10.6. The summed E-state index contributed by atoms with van der Waals surface area (Å²) in [7, 11) is 1.65. The Morgan fingerprint density at radius 3 is 2.29 bits per heavy atom.